The lowest BCUT2D eigenvalue weighted by Gasteiger charge is -2.25. The molecule has 2 aromatic carbocycles. The molecular formula is C22H22N4O4. The molecule has 0 aliphatic heterocycles. The SMILES string of the molecule is Cc1cn(CC(=O)N[C@@H](C(=O)N(C)c2ccccc2)c2ccccc2)c(=O)[nH]c1=O. The molecule has 154 valence electrons. The summed E-state index contributed by atoms with van der Waals surface area (Å²) >= 11 is 0. The standard InChI is InChI=1S/C22H22N4O4/c1-15-13-26(22(30)24-20(15)28)14-18(27)23-19(16-9-5-3-6-10-16)21(29)25(2)17-11-7-4-8-12-17/h3-13,19H,14H2,1-2H3,(H,23,27)(H,24,28,30)/t19-/m1/s1. The Morgan fingerprint density at radius 2 is 1.63 bits per heavy atom. The van der Waals surface area contributed by atoms with E-state index < -0.39 is 23.2 Å². The fourth-order valence-corrected chi connectivity index (χ4v) is 3.00. The van der Waals surface area contributed by atoms with Gasteiger partial charge < -0.3 is 10.2 Å². The van der Waals surface area contributed by atoms with Gasteiger partial charge in [0.15, 0.2) is 0 Å². The average Bonchev–Trinajstić information content (AvgIpc) is 2.76. The number of rotatable bonds is 6. The van der Waals surface area contributed by atoms with Crippen LogP contribution in [0.1, 0.15) is 17.2 Å². The molecule has 3 rings (SSSR count). The van der Waals surface area contributed by atoms with Crippen LogP contribution < -0.4 is 21.5 Å². The number of amides is 2. The van der Waals surface area contributed by atoms with Crippen LogP contribution >= 0.6 is 0 Å². The molecule has 8 heteroatoms. The van der Waals surface area contributed by atoms with Gasteiger partial charge in [0.2, 0.25) is 5.91 Å². The molecule has 2 N–H and O–H groups in total. The van der Waals surface area contributed by atoms with E-state index in [1.54, 1.807) is 43.4 Å². The summed E-state index contributed by atoms with van der Waals surface area (Å²) in [5, 5.41) is 2.71. The van der Waals surface area contributed by atoms with Gasteiger partial charge in [0.1, 0.15) is 12.6 Å². The van der Waals surface area contributed by atoms with Crippen molar-refractivity contribution in [3.05, 3.63) is 98.8 Å². The van der Waals surface area contributed by atoms with Gasteiger partial charge in [-0.15, -0.1) is 0 Å². The lowest BCUT2D eigenvalue weighted by atomic mass is 10.1. The third-order valence-electron chi connectivity index (χ3n) is 4.66. The molecule has 0 unspecified atom stereocenters. The van der Waals surface area contributed by atoms with Gasteiger partial charge in [-0.3, -0.25) is 23.9 Å². The molecule has 2 amide bonds. The van der Waals surface area contributed by atoms with Crippen molar-refractivity contribution in [3.8, 4) is 0 Å². The molecule has 8 nitrogen and oxygen atoms in total. The minimum Gasteiger partial charge on any atom is -0.339 e. The minimum absolute atomic E-state index is 0.307. The van der Waals surface area contributed by atoms with E-state index in [9.17, 15) is 19.2 Å². The van der Waals surface area contributed by atoms with Gasteiger partial charge in [-0.2, -0.15) is 0 Å². The Balaban J connectivity index is 1.85. The highest BCUT2D eigenvalue weighted by Crippen LogP contribution is 2.20. The van der Waals surface area contributed by atoms with Gasteiger partial charge in [-0.1, -0.05) is 48.5 Å². The number of carbonyl (C=O) groups excluding carboxylic acids is 2. The summed E-state index contributed by atoms with van der Waals surface area (Å²) in [6.45, 7) is 1.21. The van der Waals surface area contributed by atoms with Crippen molar-refractivity contribution in [2.24, 2.45) is 0 Å². The highest BCUT2D eigenvalue weighted by Gasteiger charge is 2.26. The fraction of sp³-hybridized carbons (Fsp3) is 0.182. The fourth-order valence-electron chi connectivity index (χ4n) is 3.00. The van der Waals surface area contributed by atoms with Gasteiger partial charge in [0, 0.05) is 24.5 Å². The number of aromatic amines is 1. The molecule has 1 atom stereocenters. The van der Waals surface area contributed by atoms with Crippen LogP contribution in [-0.2, 0) is 16.1 Å². The summed E-state index contributed by atoms with van der Waals surface area (Å²) in [4.78, 5) is 53.0. The predicted octanol–water partition coefficient (Wildman–Crippen LogP) is 1.37. The number of hydrogen-bond acceptors (Lipinski definition) is 4. The van der Waals surface area contributed by atoms with Crippen LogP contribution in [0.2, 0.25) is 0 Å². The van der Waals surface area contributed by atoms with Crippen molar-refractivity contribution >= 4 is 17.5 Å². The Kier molecular flexibility index (Phi) is 6.26. The van der Waals surface area contributed by atoms with Crippen LogP contribution in [0.15, 0.2) is 76.4 Å². The number of aryl methyl sites for hydroxylation is 1. The molecule has 0 saturated carbocycles. The summed E-state index contributed by atoms with van der Waals surface area (Å²) in [6.07, 6.45) is 1.32. The number of carbonyl (C=O) groups is 2. The first-order valence-electron chi connectivity index (χ1n) is 9.34. The maximum Gasteiger partial charge on any atom is 0.328 e. The first-order valence-corrected chi connectivity index (χ1v) is 9.34. The Morgan fingerprint density at radius 1 is 1.03 bits per heavy atom. The van der Waals surface area contributed by atoms with E-state index in [1.807, 2.05) is 24.3 Å². The largest absolute Gasteiger partial charge is 0.339 e. The number of benzene rings is 2. The first kappa shape index (κ1) is 20.8. The van der Waals surface area contributed by atoms with Crippen LogP contribution in [0.4, 0.5) is 5.69 Å². The minimum atomic E-state index is -0.941. The van der Waals surface area contributed by atoms with E-state index in [-0.39, 0.29) is 12.5 Å². The van der Waals surface area contributed by atoms with Crippen molar-refractivity contribution in [3.63, 3.8) is 0 Å². The monoisotopic (exact) mass is 406 g/mol. The Morgan fingerprint density at radius 3 is 2.27 bits per heavy atom. The molecule has 0 saturated heterocycles. The van der Waals surface area contributed by atoms with Crippen LogP contribution in [0.25, 0.3) is 0 Å². The topological polar surface area (TPSA) is 104 Å². The maximum atomic E-state index is 13.2. The van der Waals surface area contributed by atoms with Gasteiger partial charge in [-0.05, 0) is 24.6 Å². The smallest absolute Gasteiger partial charge is 0.328 e. The lowest BCUT2D eigenvalue weighted by molar-refractivity contribution is -0.128. The molecule has 0 bridgehead atoms. The zero-order valence-electron chi connectivity index (χ0n) is 16.7. The lowest BCUT2D eigenvalue weighted by Crippen LogP contribution is -2.43. The Bertz CT molecular complexity index is 1150. The van der Waals surface area contributed by atoms with Gasteiger partial charge >= 0.3 is 5.69 Å². The zero-order chi connectivity index (χ0) is 21.7. The van der Waals surface area contributed by atoms with Crippen LogP contribution in [0, 0.1) is 6.92 Å². The van der Waals surface area contributed by atoms with E-state index in [1.165, 1.54) is 18.0 Å². The Labute approximate surface area is 172 Å². The molecule has 0 aliphatic rings. The zero-order valence-corrected chi connectivity index (χ0v) is 16.7. The second-order valence-corrected chi connectivity index (χ2v) is 6.84. The average molecular weight is 406 g/mol. The molecule has 1 aromatic heterocycles. The molecule has 3 aromatic rings. The van der Waals surface area contributed by atoms with Crippen LogP contribution in [0.5, 0.6) is 0 Å². The van der Waals surface area contributed by atoms with E-state index in [2.05, 4.69) is 10.3 Å². The number of nitrogens with zero attached hydrogens (tertiary/aromatic N) is 2. The summed E-state index contributed by atoms with van der Waals surface area (Å²) in [5.74, 6) is -0.863. The van der Waals surface area contributed by atoms with E-state index in [0.29, 0.717) is 16.8 Å². The summed E-state index contributed by atoms with van der Waals surface area (Å²) in [7, 11) is 1.63. The summed E-state index contributed by atoms with van der Waals surface area (Å²) < 4.78 is 1.10. The third-order valence-corrected chi connectivity index (χ3v) is 4.66. The number of anilines is 1. The van der Waals surface area contributed by atoms with Crippen molar-refractivity contribution in [2.75, 3.05) is 11.9 Å². The molecular weight excluding hydrogens is 384 g/mol. The number of para-hydroxylation sites is 1. The van der Waals surface area contributed by atoms with E-state index in [4.69, 9.17) is 0 Å². The Hall–Kier alpha value is -3.94. The number of aromatic nitrogens is 2. The number of hydrogen-bond donors (Lipinski definition) is 2. The highest BCUT2D eigenvalue weighted by atomic mass is 16.2. The first-order chi connectivity index (χ1) is 14.4. The van der Waals surface area contributed by atoms with Gasteiger partial charge in [-0.25, -0.2) is 4.79 Å². The van der Waals surface area contributed by atoms with E-state index in [0.717, 1.165) is 4.57 Å². The summed E-state index contributed by atoms with van der Waals surface area (Å²) in [5.41, 5.74) is 0.416. The van der Waals surface area contributed by atoms with Crippen LogP contribution in [-0.4, -0.2) is 28.4 Å². The molecule has 30 heavy (non-hydrogen) atoms. The normalized spacial score (nSPS) is 11.5. The van der Waals surface area contributed by atoms with Crippen molar-refractivity contribution in [2.45, 2.75) is 19.5 Å². The van der Waals surface area contributed by atoms with Gasteiger partial charge in [0.05, 0.1) is 0 Å². The third kappa shape index (κ3) is 4.72. The van der Waals surface area contributed by atoms with Gasteiger partial charge in [0.25, 0.3) is 11.5 Å². The van der Waals surface area contributed by atoms with Crippen molar-refractivity contribution < 1.29 is 9.59 Å². The molecule has 0 aliphatic carbocycles. The maximum absolute atomic E-state index is 13.2. The quantitative estimate of drug-likeness (QED) is 0.645. The van der Waals surface area contributed by atoms with Crippen molar-refractivity contribution in [1.29, 1.82) is 0 Å². The van der Waals surface area contributed by atoms with Crippen LogP contribution in [0.3, 0.4) is 0 Å². The highest BCUT2D eigenvalue weighted by molar-refractivity contribution is 5.99. The number of H-pyrrole nitrogens is 1. The van der Waals surface area contributed by atoms with E-state index >= 15 is 0 Å². The molecule has 0 fully saturated rings. The summed E-state index contributed by atoms with van der Waals surface area (Å²) in [6, 6.07) is 17.0. The predicted molar refractivity (Wildman–Crippen MR) is 113 cm³/mol. The molecule has 0 radical (unpaired) electrons. The second kappa shape index (κ2) is 9.04. The second-order valence-electron chi connectivity index (χ2n) is 6.84. The number of nitrogens with one attached hydrogen (secondary N) is 2. The molecule has 0 spiro atoms. The number of likely N-dealkylation sites (N-methyl/N-ethyl adjacent to an activating group) is 1. The van der Waals surface area contributed by atoms with Crippen molar-refractivity contribution in [1.82, 2.24) is 14.9 Å². The molecule has 1 heterocycles.